The van der Waals surface area contributed by atoms with Crippen LogP contribution in [0.2, 0.25) is 0 Å². The number of urea groups is 1. The van der Waals surface area contributed by atoms with Crippen molar-refractivity contribution in [2.75, 3.05) is 32.8 Å². The molecule has 0 bridgehead atoms. The highest BCUT2D eigenvalue weighted by Gasteiger charge is 2.27. The first-order valence-electron chi connectivity index (χ1n) is 9.34. The van der Waals surface area contributed by atoms with Gasteiger partial charge in [-0.2, -0.15) is 4.31 Å². The molecule has 0 aliphatic carbocycles. The van der Waals surface area contributed by atoms with Gasteiger partial charge in [0.2, 0.25) is 0 Å². The van der Waals surface area contributed by atoms with Crippen LogP contribution in [0.5, 0.6) is 0 Å². The molecule has 2 amide bonds. The second kappa shape index (κ2) is 9.66. The zero-order valence-electron chi connectivity index (χ0n) is 16.1. The molecule has 7 nitrogen and oxygen atoms in total. The molecule has 3 rings (SSSR count). The van der Waals surface area contributed by atoms with E-state index in [2.05, 4.69) is 5.32 Å². The number of hydrogen-bond acceptors (Lipinski definition) is 5. The molecule has 1 fully saturated rings. The SMILES string of the molecule is CCN(Cc1cccc(F)c1)C(=O)NCc1ccc(S(=O)(=O)N2CCOCC2)s1. The Bertz CT molecular complexity index is 942. The topological polar surface area (TPSA) is 79.0 Å². The predicted octanol–water partition coefficient (Wildman–Crippen LogP) is 2.64. The van der Waals surface area contributed by atoms with Crippen molar-refractivity contribution in [1.29, 1.82) is 0 Å². The van der Waals surface area contributed by atoms with Crippen LogP contribution < -0.4 is 5.32 Å². The Morgan fingerprint density at radius 2 is 2.03 bits per heavy atom. The van der Waals surface area contributed by atoms with Crippen molar-refractivity contribution < 1.29 is 22.3 Å². The van der Waals surface area contributed by atoms with Gasteiger partial charge in [-0.15, -0.1) is 11.3 Å². The standard InChI is InChI=1S/C19H24FN3O4S2/c1-2-22(14-15-4-3-5-16(20)12-15)19(24)21-13-17-6-7-18(28-17)29(25,26)23-8-10-27-11-9-23/h3-7,12H,2,8-11,13-14H2,1H3,(H,21,24). The number of hydrogen-bond donors (Lipinski definition) is 1. The molecule has 2 aromatic rings. The number of benzene rings is 1. The van der Waals surface area contributed by atoms with Crippen molar-refractivity contribution in [2.45, 2.75) is 24.2 Å². The van der Waals surface area contributed by atoms with E-state index < -0.39 is 10.0 Å². The van der Waals surface area contributed by atoms with E-state index in [0.717, 1.165) is 16.2 Å². The second-order valence-corrected chi connectivity index (χ2v) is 9.87. The van der Waals surface area contributed by atoms with E-state index >= 15 is 0 Å². The molecule has 0 saturated carbocycles. The monoisotopic (exact) mass is 441 g/mol. The number of thiophene rings is 1. The lowest BCUT2D eigenvalue weighted by Crippen LogP contribution is -2.40. The number of rotatable bonds is 7. The smallest absolute Gasteiger partial charge is 0.317 e. The van der Waals surface area contributed by atoms with Crippen LogP contribution in [0, 0.1) is 5.82 Å². The van der Waals surface area contributed by atoms with Crippen LogP contribution in [0.3, 0.4) is 0 Å². The number of amides is 2. The molecule has 1 aromatic heterocycles. The number of carbonyl (C=O) groups is 1. The Morgan fingerprint density at radius 3 is 2.72 bits per heavy atom. The summed E-state index contributed by atoms with van der Waals surface area (Å²) in [6, 6.07) is 9.13. The number of sulfonamides is 1. The molecular weight excluding hydrogens is 417 g/mol. The minimum Gasteiger partial charge on any atom is -0.379 e. The third-order valence-electron chi connectivity index (χ3n) is 4.55. The Hall–Kier alpha value is -2.01. The van der Waals surface area contributed by atoms with Crippen LogP contribution in [0.1, 0.15) is 17.4 Å². The summed E-state index contributed by atoms with van der Waals surface area (Å²) in [6.45, 7) is 4.30. The molecular formula is C19H24FN3O4S2. The maximum atomic E-state index is 13.3. The lowest BCUT2D eigenvalue weighted by molar-refractivity contribution is 0.0731. The van der Waals surface area contributed by atoms with Crippen molar-refractivity contribution in [3.8, 4) is 0 Å². The van der Waals surface area contributed by atoms with Crippen molar-refractivity contribution in [3.05, 3.63) is 52.7 Å². The number of ether oxygens (including phenoxy) is 1. The minimum atomic E-state index is -3.53. The quantitative estimate of drug-likeness (QED) is 0.717. The number of morpholine rings is 1. The highest BCUT2D eigenvalue weighted by molar-refractivity contribution is 7.91. The van der Waals surface area contributed by atoms with Gasteiger partial charge in [0, 0.05) is 31.1 Å². The third-order valence-corrected chi connectivity index (χ3v) is 8.00. The van der Waals surface area contributed by atoms with Crippen LogP contribution >= 0.6 is 11.3 Å². The van der Waals surface area contributed by atoms with E-state index in [1.54, 1.807) is 29.2 Å². The zero-order chi connectivity index (χ0) is 20.9. The fourth-order valence-corrected chi connectivity index (χ4v) is 5.82. The second-order valence-electron chi connectivity index (χ2n) is 6.54. The fraction of sp³-hybridized carbons (Fsp3) is 0.421. The van der Waals surface area contributed by atoms with E-state index in [0.29, 0.717) is 45.0 Å². The van der Waals surface area contributed by atoms with Crippen LogP contribution in [0.25, 0.3) is 0 Å². The van der Waals surface area contributed by atoms with E-state index in [4.69, 9.17) is 4.74 Å². The summed E-state index contributed by atoms with van der Waals surface area (Å²) < 4.78 is 45.6. The molecule has 1 saturated heterocycles. The van der Waals surface area contributed by atoms with Gasteiger partial charge < -0.3 is 15.0 Å². The number of nitrogens with one attached hydrogen (secondary N) is 1. The molecule has 158 valence electrons. The third kappa shape index (κ3) is 5.53. The first-order chi connectivity index (χ1) is 13.9. The largest absolute Gasteiger partial charge is 0.379 e. The highest BCUT2D eigenvalue weighted by atomic mass is 32.2. The highest BCUT2D eigenvalue weighted by Crippen LogP contribution is 2.25. The summed E-state index contributed by atoms with van der Waals surface area (Å²) >= 11 is 1.15. The van der Waals surface area contributed by atoms with Crippen molar-refractivity contribution in [2.24, 2.45) is 0 Å². The molecule has 1 aliphatic rings. The van der Waals surface area contributed by atoms with Gasteiger partial charge in [0.1, 0.15) is 10.0 Å². The van der Waals surface area contributed by atoms with Gasteiger partial charge in [-0.25, -0.2) is 17.6 Å². The summed E-state index contributed by atoms with van der Waals surface area (Å²) in [7, 11) is -3.53. The molecule has 0 unspecified atom stereocenters. The van der Waals surface area contributed by atoms with E-state index in [-0.39, 0.29) is 22.6 Å². The Balaban J connectivity index is 1.58. The number of nitrogens with zero attached hydrogens (tertiary/aromatic N) is 2. The van der Waals surface area contributed by atoms with Gasteiger partial charge in [-0.05, 0) is 36.8 Å². The van der Waals surface area contributed by atoms with Gasteiger partial charge in [0.05, 0.1) is 19.8 Å². The summed E-state index contributed by atoms with van der Waals surface area (Å²) in [5.41, 5.74) is 0.706. The van der Waals surface area contributed by atoms with Gasteiger partial charge in [-0.3, -0.25) is 0 Å². The summed E-state index contributed by atoms with van der Waals surface area (Å²) in [6.07, 6.45) is 0. The molecule has 1 N–H and O–H groups in total. The maximum absolute atomic E-state index is 13.3. The van der Waals surface area contributed by atoms with E-state index in [9.17, 15) is 17.6 Å². The summed E-state index contributed by atoms with van der Waals surface area (Å²) in [5.74, 6) is -0.341. The van der Waals surface area contributed by atoms with E-state index in [1.165, 1.54) is 16.4 Å². The average Bonchev–Trinajstić information content (AvgIpc) is 3.21. The molecule has 0 atom stereocenters. The first-order valence-corrected chi connectivity index (χ1v) is 11.6. The molecule has 10 heteroatoms. The Labute approximate surface area is 174 Å². The zero-order valence-corrected chi connectivity index (χ0v) is 17.8. The molecule has 29 heavy (non-hydrogen) atoms. The predicted molar refractivity (Wildman–Crippen MR) is 109 cm³/mol. The minimum absolute atomic E-state index is 0.224. The van der Waals surface area contributed by atoms with Crippen LogP contribution in [-0.4, -0.2) is 56.5 Å². The lowest BCUT2D eigenvalue weighted by atomic mass is 10.2. The normalized spacial score (nSPS) is 15.2. The molecule has 2 heterocycles. The van der Waals surface area contributed by atoms with E-state index in [1.807, 2.05) is 6.92 Å². The number of halogens is 1. The first kappa shape index (κ1) is 21.7. The Morgan fingerprint density at radius 1 is 1.28 bits per heavy atom. The lowest BCUT2D eigenvalue weighted by Gasteiger charge is -2.25. The van der Waals surface area contributed by atoms with Crippen molar-refractivity contribution in [1.82, 2.24) is 14.5 Å². The summed E-state index contributed by atoms with van der Waals surface area (Å²) in [5, 5.41) is 2.80. The summed E-state index contributed by atoms with van der Waals surface area (Å²) in [4.78, 5) is 14.8. The van der Waals surface area contributed by atoms with Gasteiger partial charge >= 0.3 is 6.03 Å². The van der Waals surface area contributed by atoms with Crippen molar-refractivity contribution >= 4 is 27.4 Å². The van der Waals surface area contributed by atoms with Gasteiger partial charge in [-0.1, -0.05) is 12.1 Å². The average molecular weight is 442 g/mol. The molecule has 0 spiro atoms. The molecule has 1 aliphatic heterocycles. The molecule has 0 radical (unpaired) electrons. The van der Waals surface area contributed by atoms with Crippen LogP contribution in [-0.2, 0) is 27.8 Å². The fourth-order valence-electron chi connectivity index (χ4n) is 2.96. The van der Waals surface area contributed by atoms with Crippen LogP contribution in [0.4, 0.5) is 9.18 Å². The number of carbonyl (C=O) groups excluding carboxylic acids is 1. The molecule has 1 aromatic carbocycles. The van der Waals surface area contributed by atoms with Gasteiger partial charge in [0.25, 0.3) is 10.0 Å². The van der Waals surface area contributed by atoms with Crippen LogP contribution in [0.15, 0.2) is 40.6 Å². The Kier molecular flexibility index (Phi) is 7.23. The van der Waals surface area contributed by atoms with Crippen molar-refractivity contribution in [3.63, 3.8) is 0 Å². The van der Waals surface area contributed by atoms with Gasteiger partial charge in [0.15, 0.2) is 0 Å². The maximum Gasteiger partial charge on any atom is 0.317 e.